The monoisotopic (exact) mass is 526 g/mol. The van der Waals surface area contributed by atoms with Crippen molar-refractivity contribution >= 4 is 43.6 Å². The fourth-order valence-corrected chi connectivity index (χ4v) is 6.83. The Morgan fingerprint density at radius 1 is 1.05 bits per heavy atom. The lowest BCUT2D eigenvalue weighted by Gasteiger charge is -2.31. The molecule has 4 aromatic rings. The van der Waals surface area contributed by atoms with Crippen LogP contribution in [0.5, 0.6) is 0 Å². The number of piperidine rings is 1. The van der Waals surface area contributed by atoms with Crippen LogP contribution in [-0.2, 0) is 10.0 Å². The van der Waals surface area contributed by atoms with E-state index < -0.39 is 27.6 Å². The molecule has 6 rings (SSSR count). The number of primary amides is 1. The van der Waals surface area contributed by atoms with Gasteiger partial charge in [-0.25, -0.2) is 26.5 Å². The van der Waals surface area contributed by atoms with E-state index in [-0.39, 0.29) is 28.1 Å². The summed E-state index contributed by atoms with van der Waals surface area (Å²) in [4.78, 5) is 16.4. The normalized spacial score (nSPS) is 17.5. The van der Waals surface area contributed by atoms with Crippen molar-refractivity contribution in [3.8, 4) is 11.3 Å². The van der Waals surface area contributed by atoms with Crippen molar-refractivity contribution in [2.75, 3.05) is 18.4 Å². The Hall–Kier alpha value is -3.64. The summed E-state index contributed by atoms with van der Waals surface area (Å²) in [6.07, 6.45) is 2.63. The maximum absolute atomic E-state index is 14.9. The summed E-state index contributed by atoms with van der Waals surface area (Å²) in [6.45, 7) is 0.827. The van der Waals surface area contributed by atoms with Gasteiger partial charge in [0, 0.05) is 35.5 Å². The van der Waals surface area contributed by atoms with Gasteiger partial charge in [0.1, 0.15) is 17.2 Å². The molecule has 1 saturated heterocycles. The van der Waals surface area contributed by atoms with Crippen molar-refractivity contribution in [3.05, 3.63) is 53.6 Å². The molecule has 192 valence electrons. The van der Waals surface area contributed by atoms with Gasteiger partial charge in [-0.3, -0.25) is 9.89 Å². The summed E-state index contributed by atoms with van der Waals surface area (Å²) in [6, 6.07) is 8.15. The van der Waals surface area contributed by atoms with E-state index in [1.807, 2.05) is 0 Å². The summed E-state index contributed by atoms with van der Waals surface area (Å²) in [7, 11) is -3.22. The first-order valence-electron chi connectivity index (χ1n) is 12.1. The number of rotatable bonds is 6. The Bertz CT molecular complexity index is 1640. The van der Waals surface area contributed by atoms with Crippen LogP contribution in [0.25, 0.3) is 33.1 Å². The Morgan fingerprint density at radius 2 is 1.76 bits per heavy atom. The van der Waals surface area contributed by atoms with Crippen LogP contribution in [0, 0.1) is 11.6 Å². The Morgan fingerprint density at radius 3 is 2.41 bits per heavy atom. The predicted octanol–water partition coefficient (Wildman–Crippen LogP) is 3.52. The zero-order valence-corrected chi connectivity index (χ0v) is 20.5. The van der Waals surface area contributed by atoms with Crippen LogP contribution >= 0.6 is 0 Å². The molecule has 3 heterocycles. The Kier molecular flexibility index (Phi) is 5.60. The topological polar surface area (TPSA) is 134 Å². The number of amides is 1. The number of anilines is 1. The van der Waals surface area contributed by atoms with E-state index in [0.717, 1.165) is 25.0 Å². The van der Waals surface area contributed by atoms with Crippen molar-refractivity contribution in [3.63, 3.8) is 0 Å². The van der Waals surface area contributed by atoms with Crippen molar-refractivity contribution in [2.45, 2.75) is 37.0 Å². The Labute approximate surface area is 211 Å². The van der Waals surface area contributed by atoms with E-state index in [1.165, 1.54) is 18.2 Å². The van der Waals surface area contributed by atoms with Crippen LogP contribution in [0.4, 0.5) is 14.6 Å². The minimum absolute atomic E-state index is 0.0241. The van der Waals surface area contributed by atoms with Crippen LogP contribution < -0.4 is 11.1 Å². The average Bonchev–Trinajstić information content (AvgIpc) is 3.67. The number of H-pyrrole nitrogens is 1. The fourth-order valence-electron chi connectivity index (χ4n) is 4.96. The first-order chi connectivity index (χ1) is 17.7. The number of sulfonamides is 1. The molecule has 4 N–H and O–H groups in total. The van der Waals surface area contributed by atoms with E-state index in [1.54, 1.807) is 10.4 Å². The van der Waals surface area contributed by atoms with E-state index in [0.29, 0.717) is 53.6 Å². The van der Waals surface area contributed by atoms with Gasteiger partial charge < -0.3 is 11.1 Å². The van der Waals surface area contributed by atoms with Gasteiger partial charge in [0.25, 0.3) is 0 Å². The third kappa shape index (κ3) is 4.09. The average molecular weight is 527 g/mol. The molecule has 1 saturated carbocycles. The zero-order chi connectivity index (χ0) is 25.9. The third-order valence-electron chi connectivity index (χ3n) is 7.09. The van der Waals surface area contributed by atoms with Gasteiger partial charge in [-0.1, -0.05) is 12.1 Å². The minimum atomic E-state index is -3.22. The highest BCUT2D eigenvalue weighted by Gasteiger charge is 2.41. The van der Waals surface area contributed by atoms with Gasteiger partial charge in [-0.2, -0.15) is 5.10 Å². The highest BCUT2D eigenvalue weighted by molar-refractivity contribution is 7.90. The first kappa shape index (κ1) is 23.7. The van der Waals surface area contributed by atoms with Gasteiger partial charge >= 0.3 is 0 Å². The molecule has 0 bridgehead atoms. The highest BCUT2D eigenvalue weighted by atomic mass is 32.2. The summed E-state index contributed by atoms with van der Waals surface area (Å²) in [5.41, 5.74) is 6.25. The lowest BCUT2D eigenvalue weighted by molar-refractivity contribution is 0.100. The van der Waals surface area contributed by atoms with Gasteiger partial charge in [0.2, 0.25) is 15.9 Å². The first-order valence-corrected chi connectivity index (χ1v) is 13.6. The lowest BCUT2D eigenvalue weighted by atomic mass is 9.99. The van der Waals surface area contributed by atoms with Gasteiger partial charge in [-0.15, -0.1) is 0 Å². The number of nitrogens with zero attached hydrogens (tertiary/aromatic N) is 3. The van der Waals surface area contributed by atoms with E-state index in [4.69, 9.17) is 5.73 Å². The molecule has 1 amide bonds. The van der Waals surface area contributed by atoms with Crippen molar-refractivity contribution < 1.29 is 22.0 Å². The number of fused-ring (bicyclic) bond motifs is 3. The summed E-state index contributed by atoms with van der Waals surface area (Å²) >= 11 is 0. The van der Waals surface area contributed by atoms with Crippen LogP contribution in [0.1, 0.15) is 36.0 Å². The molecule has 2 aromatic carbocycles. The molecular formula is C25H24F2N6O3S. The second kappa shape index (κ2) is 8.73. The molecule has 0 radical (unpaired) electrons. The van der Waals surface area contributed by atoms with Gasteiger partial charge in [-0.05, 0) is 49.9 Å². The van der Waals surface area contributed by atoms with Crippen LogP contribution in [-0.4, -0.2) is 58.2 Å². The third-order valence-corrected chi connectivity index (χ3v) is 9.49. The van der Waals surface area contributed by atoms with Crippen molar-refractivity contribution in [1.82, 2.24) is 19.5 Å². The largest absolute Gasteiger partial charge is 0.366 e. The van der Waals surface area contributed by atoms with E-state index >= 15 is 0 Å². The minimum Gasteiger partial charge on any atom is -0.366 e. The number of aromatic amines is 1. The maximum Gasteiger partial charge on any atom is 0.248 e. The molecule has 1 aliphatic heterocycles. The molecule has 0 spiro atoms. The van der Waals surface area contributed by atoms with Gasteiger partial charge in [0.15, 0.2) is 5.82 Å². The molecule has 2 fully saturated rings. The smallest absolute Gasteiger partial charge is 0.248 e. The summed E-state index contributed by atoms with van der Waals surface area (Å²) in [5.74, 6) is -1.86. The number of carbonyl (C=O) groups excluding carboxylic acids is 1. The molecular weight excluding hydrogens is 502 g/mol. The van der Waals surface area contributed by atoms with Crippen molar-refractivity contribution in [1.29, 1.82) is 0 Å². The Balaban J connectivity index is 1.40. The number of aromatic nitrogens is 3. The molecule has 37 heavy (non-hydrogen) atoms. The van der Waals surface area contributed by atoms with E-state index in [2.05, 4.69) is 20.5 Å². The number of nitrogens with one attached hydrogen (secondary N) is 2. The quantitative estimate of drug-likeness (QED) is 0.352. The number of nitrogens with two attached hydrogens (primary N) is 1. The van der Waals surface area contributed by atoms with E-state index in [9.17, 15) is 22.0 Å². The molecule has 1 aliphatic carbocycles. The number of pyridine rings is 1. The van der Waals surface area contributed by atoms with Crippen LogP contribution in [0.15, 0.2) is 36.4 Å². The molecule has 2 aromatic heterocycles. The second-order valence-electron chi connectivity index (χ2n) is 9.54. The molecule has 9 nitrogen and oxygen atoms in total. The second-order valence-corrected chi connectivity index (χ2v) is 11.8. The van der Waals surface area contributed by atoms with Gasteiger partial charge in [0.05, 0.1) is 22.0 Å². The number of hydrogen-bond acceptors (Lipinski definition) is 6. The van der Waals surface area contributed by atoms with Crippen molar-refractivity contribution in [2.24, 2.45) is 5.73 Å². The molecule has 0 atom stereocenters. The number of carbonyl (C=O) groups is 1. The summed E-state index contributed by atoms with van der Waals surface area (Å²) < 4.78 is 56.4. The SMILES string of the molecule is NC(=O)c1ccc2c(c1)c(-c1c(F)cccc1F)nc1c(NC3CCN(S(=O)(=O)C4CC4)CC3)n[nH]c12. The predicted molar refractivity (Wildman–Crippen MR) is 135 cm³/mol. The van der Waals surface area contributed by atoms with Crippen LogP contribution in [0.3, 0.4) is 0 Å². The fraction of sp³-hybridized carbons (Fsp3) is 0.320. The standard InChI is InChI=1S/C25H24F2N6O3S/c26-18-2-1-3-19(27)20(18)21-17-12-13(24(28)34)4-7-16(17)22-23(30-21)25(32-31-22)29-14-8-10-33(11-9-14)37(35,36)15-5-6-15/h1-4,7,12,14-15H,5-6,8-11H2,(H2,28,34)(H2,29,31,32). The number of halogens is 2. The molecule has 12 heteroatoms. The molecule has 0 unspecified atom stereocenters. The maximum atomic E-state index is 14.9. The zero-order valence-electron chi connectivity index (χ0n) is 19.7. The van der Waals surface area contributed by atoms with Crippen LogP contribution in [0.2, 0.25) is 0 Å². The number of benzene rings is 2. The lowest BCUT2D eigenvalue weighted by Crippen LogP contribution is -2.43. The summed E-state index contributed by atoms with van der Waals surface area (Å²) in [5, 5.41) is 11.3. The molecule has 2 aliphatic rings. The number of hydrogen-bond donors (Lipinski definition) is 3. The highest BCUT2D eigenvalue weighted by Crippen LogP contribution is 2.37.